The highest BCUT2D eigenvalue weighted by molar-refractivity contribution is 9.10. The van der Waals surface area contributed by atoms with E-state index >= 15 is 0 Å². The third kappa shape index (κ3) is 2.06. The van der Waals surface area contributed by atoms with E-state index in [1.54, 1.807) is 0 Å². The molecule has 2 nitrogen and oxygen atoms in total. The quantitative estimate of drug-likeness (QED) is 0.796. The molecule has 6 heteroatoms. The van der Waals surface area contributed by atoms with Gasteiger partial charge in [0.25, 0.3) is 0 Å². The van der Waals surface area contributed by atoms with Gasteiger partial charge in [-0.25, -0.2) is 0 Å². The Balaban J connectivity index is 3.37. The molecule has 0 spiro atoms. The first kappa shape index (κ1) is 11.0. The van der Waals surface area contributed by atoms with Gasteiger partial charge in [-0.05, 0) is 28.1 Å². The topological polar surface area (TPSA) is 37.3 Å². The van der Waals surface area contributed by atoms with Crippen LogP contribution in [0.15, 0.2) is 16.6 Å². The lowest BCUT2D eigenvalue weighted by Gasteiger charge is -2.09. The van der Waals surface area contributed by atoms with Crippen LogP contribution >= 0.6 is 15.9 Å². The van der Waals surface area contributed by atoms with Crippen molar-refractivity contribution in [2.45, 2.75) is 6.18 Å². The van der Waals surface area contributed by atoms with Crippen LogP contribution in [0, 0.1) is 0 Å². The van der Waals surface area contributed by atoms with Crippen LogP contribution in [0.3, 0.4) is 0 Å². The fourth-order valence-corrected chi connectivity index (χ4v) is 1.20. The number of alkyl halides is 3. The van der Waals surface area contributed by atoms with Crippen molar-refractivity contribution in [3.05, 3.63) is 27.7 Å². The first-order valence-electron chi connectivity index (χ1n) is 3.41. The van der Waals surface area contributed by atoms with Crippen molar-refractivity contribution in [2.75, 3.05) is 0 Å². The van der Waals surface area contributed by atoms with Crippen molar-refractivity contribution in [2.24, 2.45) is 0 Å². The smallest absolute Gasteiger partial charge is 0.416 e. The number of aromatic hydroxyl groups is 1. The van der Waals surface area contributed by atoms with E-state index in [0.717, 1.165) is 0 Å². The maximum atomic E-state index is 12.2. The van der Waals surface area contributed by atoms with Crippen LogP contribution in [0.25, 0.3) is 0 Å². The van der Waals surface area contributed by atoms with Crippen molar-refractivity contribution in [1.82, 2.24) is 0 Å². The zero-order chi connectivity index (χ0) is 10.9. The summed E-state index contributed by atoms with van der Waals surface area (Å²) in [6, 6.07) is 1.22. The molecule has 0 aromatic heterocycles. The summed E-state index contributed by atoms with van der Waals surface area (Å²) < 4.78 is 36.5. The minimum Gasteiger partial charge on any atom is -0.507 e. The maximum absolute atomic E-state index is 12.2. The Bertz CT molecular complexity index is 374. The second kappa shape index (κ2) is 3.61. The van der Waals surface area contributed by atoms with Gasteiger partial charge in [0.15, 0.2) is 6.29 Å². The lowest BCUT2D eigenvalue weighted by Crippen LogP contribution is -2.05. The van der Waals surface area contributed by atoms with Crippen molar-refractivity contribution in [3.63, 3.8) is 0 Å². The first-order valence-corrected chi connectivity index (χ1v) is 4.20. The summed E-state index contributed by atoms with van der Waals surface area (Å²) in [7, 11) is 0. The molecule has 0 radical (unpaired) electrons. The number of hydrogen-bond acceptors (Lipinski definition) is 2. The highest BCUT2D eigenvalue weighted by Crippen LogP contribution is 2.36. The van der Waals surface area contributed by atoms with E-state index in [4.69, 9.17) is 5.11 Å². The predicted octanol–water partition coefficient (Wildman–Crippen LogP) is 2.99. The largest absolute Gasteiger partial charge is 0.507 e. The van der Waals surface area contributed by atoms with Crippen LogP contribution < -0.4 is 0 Å². The third-order valence-electron chi connectivity index (χ3n) is 1.54. The normalized spacial score (nSPS) is 11.4. The fourth-order valence-electron chi connectivity index (χ4n) is 0.881. The van der Waals surface area contributed by atoms with Gasteiger partial charge in [-0.1, -0.05) is 0 Å². The number of phenols is 1. The molecule has 0 aliphatic carbocycles. The second-order valence-electron chi connectivity index (χ2n) is 2.51. The molecular weight excluding hydrogens is 265 g/mol. The van der Waals surface area contributed by atoms with E-state index < -0.39 is 17.5 Å². The molecule has 1 aromatic carbocycles. The van der Waals surface area contributed by atoms with Gasteiger partial charge in [0.2, 0.25) is 0 Å². The first-order chi connectivity index (χ1) is 6.36. The van der Waals surface area contributed by atoms with E-state index in [9.17, 15) is 18.0 Å². The Labute approximate surface area is 85.5 Å². The molecule has 1 N–H and O–H groups in total. The van der Waals surface area contributed by atoms with E-state index in [1.165, 1.54) is 0 Å². The van der Waals surface area contributed by atoms with E-state index in [1.807, 2.05) is 0 Å². The van der Waals surface area contributed by atoms with E-state index in [-0.39, 0.29) is 16.3 Å². The number of carbonyl (C=O) groups is 1. The van der Waals surface area contributed by atoms with Crippen molar-refractivity contribution in [3.8, 4) is 5.75 Å². The Hall–Kier alpha value is -1.04. The molecule has 0 saturated carbocycles. The van der Waals surface area contributed by atoms with Gasteiger partial charge in [-0.3, -0.25) is 4.79 Å². The van der Waals surface area contributed by atoms with Crippen LogP contribution in [0.2, 0.25) is 0 Å². The Kier molecular flexibility index (Phi) is 2.84. The van der Waals surface area contributed by atoms with Gasteiger partial charge in [0.05, 0.1) is 10.0 Å². The van der Waals surface area contributed by atoms with Crippen LogP contribution in [-0.4, -0.2) is 11.4 Å². The van der Waals surface area contributed by atoms with Gasteiger partial charge in [0.1, 0.15) is 5.75 Å². The SMILES string of the molecule is O=Cc1cc(C(F)(F)F)cc(O)c1Br. The summed E-state index contributed by atoms with van der Waals surface area (Å²) in [6.45, 7) is 0. The molecule has 0 bridgehead atoms. The zero-order valence-corrected chi connectivity index (χ0v) is 8.19. The lowest BCUT2D eigenvalue weighted by molar-refractivity contribution is -0.137. The number of rotatable bonds is 1. The number of halogens is 4. The van der Waals surface area contributed by atoms with Gasteiger partial charge in [-0.2, -0.15) is 13.2 Å². The van der Waals surface area contributed by atoms with Gasteiger partial charge < -0.3 is 5.11 Å². The lowest BCUT2D eigenvalue weighted by atomic mass is 10.1. The highest BCUT2D eigenvalue weighted by Gasteiger charge is 2.32. The van der Waals surface area contributed by atoms with Crippen LogP contribution in [0.1, 0.15) is 15.9 Å². The molecule has 0 saturated heterocycles. The van der Waals surface area contributed by atoms with Gasteiger partial charge in [-0.15, -0.1) is 0 Å². The average molecular weight is 269 g/mol. The number of carbonyl (C=O) groups excluding carboxylic acids is 1. The molecule has 0 aliphatic rings. The predicted molar refractivity (Wildman–Crippen MR) is 46.2 cm³/mol. The number of aldehydes is 1. The van der Waals surface area contributed by atoms with Crippen molar-refractivity contribution < 1.29 is 23.1 Å². The molecule has 14 heavy (non-hydrogen) atoms. The molecule has 0 unspecified atom stereocenters. The molecule has 0 aliphatic heterocycles. The summed E-state index contributed by atoms with van der Waals surface area (Å²) in [5, 5.41) is 9.07. The minimum absolute atomic E-state index is 0.0412. The van der Waals surface area contributed by atoms with E-state index in [2.05, 4.69) is 15.9 Å². The summed E-state index contributed by atoms with van der Waals surface area (Å²) in [6.07, 6.45) is -4.34. The molecule has 0 fully saturated rings. The number of benzene rings is 1. The molecule has 0 atom stereocenters. The molecular formula is C8H4BrF3O2. The third-order valence-corrected chi connectivity index (χ3v) is 2.40. The van der Waals surface area contributed by atoms with Crippen molar-refractivity contribution in [1.29, 1.82) is 0 Å². The standard InChI is InChI=1S/C8H4BrF3O2/c9-7-4(3-13)1-5(2-6(7)14)8(10,11)12/h1-3,14H. The summed E-state index contributed by atoms with van der Waals surface area (Å²) in [5.74, 6) is -0.609. The minimum atomic E-state index is -4.57. The monoisotopic (exact) mass is 268 g/mol. The summed E-state index contributed by atoms with van der Waals surface area (Å²) >= 11 is 2.79. The second-order valence-corrected chi connectivity index (χ2v) is 3.31. The van der Waals surface area contributed by atoms with Gasteiger partial charge >= 0.3 is 6.18 Å². The van der Waals surface area contributed by atoms with Crippen LogP contribution in [0.4, 0.5) is 13.2 Å². The van der Waals surface area contributed by atoms with E-state index in [0.29, 0.717) is 12.1 Å². The Morgan fingerprint density at radius 2 is 1.93 bits per heavy atom. The van der Waals surface area contributed by atoms with Crippen LogP contribution in [0.5, 0.6) is 5.75 Å². The molecule has 0 amide bonds. The van der Waals surface area contributed by atoms with Gasteiger partial charge in [0, 0.05) is 5.56 Å². The van der Waals surface area contributed by atoms with Crippen LogP contribution in [-0.2, 0) is 6.18 Å². The zero-order valence-electron chi connectivity index (χ0n) is 6.60. The van der Waals surface area contributed by atoms with Crippen molar-refractivity contribution >= 4 is 22.2 Å². The fraction of sp³-hybridized carbons (Fsp3) is 0.125. The highest BCUT2D eigenvalue weighted by atomic mass is 79.9. The molecule has 1 rings (SSSR count). The Morgan fingerprint density at radius 3 is 2.36 bits per heavy atom. The maximum Gasteiger partial charge on any atom is 0.416 e. The average Bonchev–Trinajstić information content (AvgIpc) is 2.07. The number of hydrogen-bond donors (Lipinski definition) is 1. The summed E-state index contributed by atoms with van der Waals surface area (Å²) in [4.78, 5) is 10.4. The Morgan fingerprint density at radius 1 is 1.36 bits per heavy atom. The molecule has 1 aromatic rings. The number of phenolic OH excluding ortho intramolecular Hbond substituents is 1. The molecule has 76 valence electrons. The summed E-state index contributed by atoms with van der Waals surface area (Å²) in [5.41, 5.74) is -1.29. The molecule has 0 heterocycles.